The lowest BCUT2D eigenvalue weighted by Crippen LogP contribution is -2.11. The van der Waals surface area contributed by atoms with Crippen molar-refractivity contribution in [3.63, 3.8) is 0 Å². The molecule has 6 nitrogen and oxygen atoms in total. The van der Waals surface area contributed by atoms with Crippen LogP contribution in [0.4, 0.5) is 11.5 Å². The van der Waals surface area contributed by atoms with Crippen LogP contribution in [0.25, 0.3) is 0 Å². The Morgan fingerprint density at radius 2 is 2.35 bits per heavy atom. The van der Waals surface area contributed by atoms with E-state index in [0.717, 1.165) is 6.42 Å². The van der Waals surface area contributed by atoms with Crippen molar-refractivity contribution in [2.75, 3.05) is 5.32 Å². The molecule has 1 N–H and O–H groups in total. The summed E-state index contributed by atoms with van der Waals surface area (Å²) < 4.78 is 0. The average molecular weight is 232 g/mol. The molecule has 1 heterocycles. The first-order valence-electron chi connectivity index (χ1n) is 5.25. The third kappa shape index (κ3) is 2.18. The highest BCUT2D eigenvalue weighted by molar-refractivity contribution is 5.56. The van der Waals surface area contributed by atoms with Gasteiger partial charge in [0.15, 0.2) is 0 Å². The molecule has 1 fully saturated rings. The maximum absolute atomic E-state index is 10.6. The van der Waals surface area contributed by atoms with E-state index in [1.54, 1.807) is 0 Å². The van der Waals surface area contributed by atoms with Crippen LogP contribution < -0.4 is 5.32 Å². The maximum Gasteiger partial charge on any atom is 0.289 e. The SMILES string of the molecule is CC1(C)CC1Nc1ncc([N+](=O)[O-])cc1C#N. The Morgan fingerprint density at radius 1 is 1.71 bits per heavy atom. The Morgan fingerprint density at radius 3 is 2.82 bits per heavy atom. The van der Waals surface area contributed by atoms with Crippen molar-refractivity contribution in [2.45, 2.75) is 26.3 Å². The molecule has 1 saturated carbocycles. The monoisotopic (exact) mass is 232 g/mol. The Balaban J connectivity index is 2.24. The number of hydrogen-bond donors (Lipinski definition) is 1. The molecule has 17 heavy (non-hydrogen) atoms. The molecular formula is C11H12N4O2. The third-order valence-corrected chi connectivity index (χ3v) is 3.03. The van der Waals surface area contributed by atoms with Crippen molar-refractivity contribution in [3.05, 3.63) is 27.9 Å². The van der Waals surface area contributed by atoms with Gasteiger partial charge in [-0.3, -0.25) is 10.1 Å². The molecule has 0 spiro atoms. The molecule has 6 heteroatoms. The number of aromatic nitrogens is 1. The van der Waals surface area contributed by atoms with Crippen LogP contribution in [0.5, 0.6) is 0 Å². The van der Waals surface area contributed by atoms with E-state index in [-0.39, 0.29) is 22.7 Å². The fourth-order valence-electron chi connectivity index (χ4n) is 1.63. The predicted octanol–water partition coefficient (Wildman–Crippen LogP) is 2.07. The summed E-state index contributed by atoms with van der Waals surface area (Å²) in [5, 5.41) is 22.6. The number of hydrogen-bond acceptors (Lipinski definition) is 5. The molecule has 0 bridgehead atoms. The highest BCUT2D eigenvalue weighted by Gasteiger charge is 2.46. The van der Waals surface area contributed by atoms with Crippen molar-refractivity contribution in [1.82, 2.24) is 4.98 Å². The minimum Gasteiger partial charge on any atom is -0.366 e. The molecule has 0 saturated heterocycles. The molecular weight excluding hydrogens is 220 g/mol. The van der Waals surface area contributed by atoms with Gasteiger partial charge in [-0.05, 0) is 11.8 Å². The van der Waals surface area contributed by atoms with E-state index in [1.165, 1.54) is 12.3 Å². The molecule has 1 aromatic rings. The third-order valence-electron chi connectivity index (χ3n) is 3.03. The summed E-state index contributed by atoms with van der Waals surface area (Å²) in [5.41, 5.74) is 0.250. The minimum absolute atomic E-state index is 0.165. The van der Waals surface area contributed by atoms with Crippen LogP contribution in [0.3, 0.4) is 0 Å². The van der Waals surface area contributed by atoms with Gasteiger partial charge in [0.1, 0.15) is 23.6 Å². The second-order valence-corrected chi connectivity index (χ2v) is 4.85. The summed E-state index contributed by atoms with van der Waals surface area (Å²) in [4.78, 5) is 13.9. The van der Waals surface area contributed by atoms with Crippen molar-refractivity contribution < 1.29 is 4.92 Å². The van der Waals surface area contributed by atoms with Gasteiger partial charge in [0.05, 0.1) is 4.92 Å². The smallest absolute Gasteiger partial charge is 0.289 e. The molecule has 1 aliphatic rings. The molecule has 0 radical (unpaired) electrons. The van der Waals surface area contributed by atoms with Crippen LogP contribution in [-0.4, -0.2) is 15.9 Å². The van der Waals surface area contributed by atoms with Crippen LogP contribution in [0.2, 0.25) is 0 Å². The Kier molecular flexibility index (Phi) is 2.46. The van der Waals surface area contributed by atoms with Gasteiger partial charge in [-0.1, -0.05) is 13.8 Å². The first-order valence-corrected chi connectivity index (χ1v) is 5.25. The van der Waals surface area contributed by atoms with Gasteiger partial charge in [0, 0.05) is 12.1 Å². The Labute approximate surface area is 98.4 Å². The molecule has 1 aliphatic carbocycles. The number of nitrogens with zero attached hydrogens (tertiary/aromatic N) is 3. The molecule has 0 aromatic carbocycles. The van der Waals surface area contributed by atoms with Gasteiger partial charge >= 0.3 is 0 Å². The summed E-state index contributed by atoms with van der Waals surface area (Å²) in [6.45, 7) is 4.23. The molecule has 0 aliphatic heterocycles. The van der Waals surface area contributed by atoms with Gasteiger partial charge in [-0.2, -0.15) is 5.26 Å². The van der Waals surface area contributed by atoms with Gasteiger partial charge in [0.2, 0.25) is 0 Å². The second kappa shape index (κ2) is 3.70. The van der Waals surface area contributed by atoms with E-state index >= 15 is 0 Å². The summed E-state index contributed by atoms with van der Waals surface area (Å²) in [6.07, 6.45) is 2.18. The number of nitriles is 1. The standard InChI is InChI=1S/C11H12N4O2/c1-11(2)4-9(11)14-10-7(5-12)3-8(6-13-10)15(16)17/h3,6,9H,4H2,1-2H3,(H,13,14). The number of rotatable bonds is 3. The molecule has 88 valence electrons. The fourth-order valence-corrected chi connectivity index (χ4v) is 1.63. The number of anilines is 1. The van der Waals surface area contributed by atoms with E-state index in [1.807, 2.05) is 6.07 Å². The van der Waals surface area contributed by atoms with Crippen LogP contribution in [0, 0.1) is 26.9 Å². The van der Waals surface area contributed by atoms with Gasteiger partial charge < -0.3 is 5.32 Å². The fraction of sp³-hybridized carbons (Fsp3) is 0.455. The van der Waals surface area contributed by atoms with Crippen LogP contribution in [0.1, 0.15) is 25.8 Å². The number of nitro groups is 1. The lowest BCUT2D eigenvalue weighted by atomic mass is 10.2. The first-order chi connectivity index (χ1) is 7.94. The lowest BCUT2D eigenvalue weighted by molar-refractivity contribution is -0.385. The van der Waals surface area contributed by atoms with Crippen LogP contribution in [0.15, 0.2) is 12.3 Å². The average Bonchev–Trinajstić information content (AvgIpc) is 2.86. The molecule has 0 amide bonds. The van der Waals surface area contributed by atoms with Crippen molar-refractivity contribution in [2.24, 2.45) is 5.41 Å². The van der Waals surface area contributed by atoms with E-state index < -0.39 is 4.92 Å². The van der Waals surface area contributed by atoms with Crippen molar-refractivity contribution in [3.8, 4) is 6.07 Å². The van der Waals surface area contributed by atoms with Crippen LogP contribution >= 0.6 is 0 Å². The molecule has 1 atom stereocenters. The Hall–Kier alpha value is -2.16. The number of nitrogens with one attached hydrogen (secondary N) is 1. The highest BCUT2D eigenvalue weighted by Crippen LogP contribution is 2.46. The molecule has 1 unspecified atom stereocenters. The van der Waals surface area contributed by atoms with Crippen LogP contribution in [-0.2, 0) is 0 Å². The van der Waals surface area contributed by atoms with Gasteiger partial charge in [-0.15, -0.1) is 0 Å². The van der Waals surface area contributed by atoms with E-state index in [0.29, 0.717) is 5.82 Å². The van der Waals surface area contributed by atoms with E-state index in [9.17, 15) is 10.1 Å². The first kappa shape index (κ1) is 11.3. The lowest BCUT2D eigenvalue weighted by Gasteiger charge is -2.08. The van der Waals surface area contributed by atoms with Crippen molar-refractivity contribution >= 4 is 11.5 Å². The summed E-state index contributed by atoms with van der Waals surface area (Å²) >= 11 is 0. The zero-order valence-electron chi connectivity index (χ0n) is 9.60. The zero-order chi connectivity index (χ0) is 12.6. The quantitative estimate of drug-likeness (QED) is 0.636. The molecule has 2 rings (SSSR count). The predicted molar refractivity (Wildman–Crippen MR) is 61.4 cm³/mol. The normalized spacial score (nSPS) is 20.4. The minimum atomic E-state index is -0.557. The maximum atomic E-state index is 10.6. The zero-order valence-corrected chi connectivity index (χ0v) is 9.60. The highest BCUT2D eigenvalue weighted by atomic mass is 16.6. The van der Waals surface area contributed by atoms with E-state index in [4.69, 9.17) is 5.26 Å². The second-order valence-electron chi connectivity index (χ2n) is 4.85. The van der Waals surface area contributed by atoms with Gasteiger partial charge in [-0.25, -0.2) is 4.98 Å². The summed E-state index contributed by atoms with van der Waals surface area (Å²) in [6, 6.07) is 3.44. The van der Waals surface area contributed by atoms with Crippen molar-refractivity contribution in [1.29, 1.82) is 5.26 Å². The topological polar surface area (TPSA) is 91.8 Å². The summed E-state index contributed by atoms with van der Waals surface area (Å²) in [5.74, 6) is 0.425. The Bertz CT molecular complexity index is 519. The number of pyridine rings is 1. The molecule has 1 aromatic heterocycles. The van der Waals surface area contributed by atoms with Gasteiger partial charge in [0.25, 0.3) is 5.69 Å². The largest absolute Gasteiger partial charge is 0.366 e. The summed E-state index contributed by atoms with van der Waals surface area (Å²) in [7, 11) is 0. The van der Waals surface area contributed by atoms with E-state index in [2.05, 4.69) is 24.1 Å².